The Bertz CT molecular complexity index is 706. The number of anilines is 1. The fraction of sp³-hybridized carbons (Fsp3) is 0.0769. The standard InChI is InChI=1S/C13H10FN3O4/c14-9-4-10(6-12(5-9)17(20)21)16-7-11-3-8(13(18)19)1-2-15-11/h1-6,16H,7H2,(H,18,19). The Morgan fingerprint density at radius 3 is 2.81 bits per heavy atom. The number of nitro benzene ring substituents is 1. The van der Waals surface area contributed by atoms with Gasteiger partial charge in [-0.1, -0.05) is 0 Å². The normalized spacial score (nSPS) is 10.1. The van der Waals surface area contributed by atoms with Crippen molar-refractivity contribution in [3.05, 3.63) is 63.7 Å². The topological polar surface area (TPSA) is 105 Å². The molecule has 8 heteroatoms. The maximum atomic E-state index is 13.2. The molecule has 108 valence electrons. The minimum Gasteiger partial charge on any atom is -0.478 e. The molecule has 0 saturated heterocycles. The number of non-ortho nitro benzene ring substituents is 1. The smallest absolute Gasteiger partial charge is 0.335 e. The second-order valence-electron chi connectivity index (χ2n) is 4.15. The van der Waals surface area contributed by atoms with E-state index < -0.39 is 16.7 Å². The van der Waals surface area contributed by atoms with Gasteiger partial charge in [-0.25, -0.2) is 9.18 Å². The maximum Gasteiger partial charge on any atom is 0.335 e. The minimum absolute atomic E-state index is 0.0759. The van der Waals surface area contributed by atoms with Crippen LogP contribution in [0.4, 0.5) is 15.8 Å². The number of carboxylic acids is 1. The highest BCUT2D eigenvalue weighted by Crippen LogP contribution is 2.20. The van der Waals surface area contributed by atoms with Gasteiger partial charge in [0.1, 0.15) is 5.82 Å². The molecule has 2 N–H and O–H groups in total. The van der Waals surface area contributed by atoms with Crippen molar-refractivity contribution in [2.24, 2.45) is 0 Å². The molecule has 0 amide bonds. The zero-order valence-corrected chi connectivity index (χ0v) is 10.6. The SMILES string of the molecule is O=C(O)c1ccnc(CNc2cc(F)cc([N+](=O)[O-])c2)c1. The third-order valence-electron chi connectivity index (χ3n) is 2.63. The van der Waals surface area contributed by atoms with Gasteiger partial charge in [-0.3, -0.25) is 15.1 Å². The molecule has 0 radical (unpaired) electrons. The molecule has 0 bridgehead atoms. The molecular weight excluding hydrogens is 281 g/mol. The quantitative estimate of drug-likeness (QED) is 0.647. The minimum atomic E-state index is -1.08. The highest BCUT2D eigenvalue weighted by Gasteiger charge is 2.10. The fourth-order valence-corrected chi connectivity index (χ4v) is 1.68. The lowest BCUT2D eigenvalue weighted by molar-refractivity contribution is -0.385. The van der Waals surface area contributed by atoms with Crippen molar-refractivity contribution in [1.82, 2.24) is 4.98 Å². The summed E-state index contributed by atoms with van der Waals surface area (Å²) in [5.41, 5.74) is 0.336. The van der Waals surface area contributed by atoms with E-state index >= 15 is 0 Å². The Kier molecular flexibility index (Phi) is 4.07. The Balaban J connectivity index is 2.14. The van der Waals surface area contributed by atoms with Crippen LogP contribution in [0.3, 0.4) is 0 Å². The number of nitro groups is 1. The molecule has 1 aromatic heterocycles. The summed E-state index contributed by atoms with van der Waals surface area (Å²) in [7, 11) is 0. The van der Waals surface area contributed by atoms with Crippen LogP contribution in [0.5, 0.6) is 0 Å². The molecule has 0 fully saturated rings. The Labute approximate surface area is 118 Å². The zero-order chi connectivity index (χ0) is 15.4. The van der Waals surface area contributed by atoms with Crippen molar-refractivity contribution in [2.45, 2.75) is 6.54 Å². The molecule has 0 aliphatic rings. The molecule has 21 heavy (non-hydrogen) atoms. The number of benzene rings is 1. The molecule has 0 saturated carbocycles. The lowest BCUT2D eigenvalue weighted by atomic mass is 10.2. The van der Waals surface area contributed by atoms with Gasteiger partial charge < -0.3 is 10.4 Å². The lowest BCUT2D eigenvalue weighted by Gasteiger charge is -2.06. The summed E-state index contributed by atoms with van der Waals surface area (Å²) in [6.45, 7) is 0.113. The molecule has 0 aliphatic heterocycles. The van der Waals surface area contributed by atoms with Crippen LogP contribution in [0, 0.1) is 15.9 Å². The van der Waals surface area contributed by atoms with Crippen LogP contribution >= 0.6 is 0 Å². The van der Waals surface area contributed by atoms with Gasteiger partial charge in [0.15, 0.2) is 0 Å². The second-order valence-corrected chi connectivity index (χ2v) is 4.15. The van der Waals surface area contributed by atoms with Crippen LogP contribution < -0.4 is 5.32 Å². The maximum absolute atomic E-state index is 13.2. The third kappa shape index (κ3) is 3.72. The summed E-state index contributed by atoms with van der Waals surface area (Å²) in [6, 6.07) is 5.81. The second kappa shape index (κ2) is 5.95. The first-order valence-corrected chi connectivity index (χ1v) is 5.83. The molecule has 0 unspecified atom stereocenters. The van der Waals surface area contributed by atoms with Crippen LogP contribution in [-0.4, -0.2) is 21.0 Å². The fourth-order valence-electron chi connectivity index (χ4n) is 1.68. The van der Waals surface area contributed by atoms with Crippen molar-refractivity contribution in [2.75, 3.05) is 5.32 Å². The van der Waals surface area contributed by atoms with E-state index in [4.69, 9.17) is 5.11 Å². The van der Waals surface area contributed by atoms with Crippen LogP contribution in [0.1, 0.15) is 16.1 Å². The Morgan fingerprint density at radius 2 is 2.14 bits per heavy atom. The molecule has 2 rings (SSSR count). The molecule has 0 atom stereocenters. The van der Waals surface area contributed by atoms with Crippen LogP contribution in [0.2, 0.25) is 0 Å². The zero-order valence-electron chi connectivity index (χ0n) is 10.6. The number of hydrogen-bond donors (Lipinski definition) is 2. The summed E-state index contributed by atoms with van der Waals surface area (Å²) < 4.78 is 13.2. The number of carboxylic acid groups (broad SMARTS) is 1. The monoisotopic (exact) mass is 291 g/mol. The predicted octanol–water partition coefficient (Wildman–Crippen LogP) is 2.44. The van der Waals surface area contributed by atoms with E-state index in [9.17, 15) is 19.3 Å². The summed E-state index contributed by atoms with van der Waals surface area (Å²) in [5, 5.41) is 22.3. The van der Waals surface area contributed by atoms with Gasteiger partial charge in [0.2, 0.25) is 0 Å². The molecule has 1 aromatic carbocycles. The number of nitrogens with zero attached hydrogens (tertiary/aromatic N) is 2. The first kappa shape index (κ1) is 14.4. The average Bonchev–Trinajstić information content (AvgIpc) is 2.45. The number of halogens is 1. The van der Waals surface area contributed by atoms with E-state index in [1.165, 1.54) is 24.4 Å². The van der Waals surface area contributed by atoms with E-state index in [1.807, 2.05) is 0 Å². The first-order chi connectivity index (χ1) is 9.95. The Morgan fingerprint density at radius 1 is 1.38 bits per heavy atom. The van der Waals surface area contributed by atoms with Crippen molar-refractivity contribution in [1.29, 1.82) is 0 Å². The average molecular weight is 291 g/mol. The van der Waals surface area contributed by atoms with Crippen molar-refractivity contribution < 1.29 is 19.2 Å². The molecule has 0 aliphatic carbocycles. The number of pyridine rings is 1. The molecular formula is C13H10FN3O4. The van der Waals surface area contributed by atoms with E-state index in [-0.39, 0.29) is 23.5 Å². The van der Waals surface area contributed by atoms with Gasteiger partial charge in [-0.15, -0.1) is 0 Å². The molecule has 0 spiro atoms. The summed E-state index contributed by atoms with van der Waals surface area (Å²) in [4.78, 5) is 24.7. The highest BCUT2D eigenvalue weighted by atomic mass is 19.1. The summed E-state index contributed by atoms with van der Waals surface area (Å²) in [5.74, 6) is -1.82. The number of aromatic carboxylic acids is 1. The van der Waals surface area contributed by atoms with Gasteiger partial charge in [-0.05, 0) is 18.2 Å². The van der Waals surface area contributed by atoms with Crippen molar-refractivity contribution >= 4 is 17.3 Å². The first-order valence-electron chi connectivity index (χ1n) is 5.83. The van der Waals surface area contributed by atoms with Crippen LogP contribution in [-0.2, 0) is 6.54 Å². The van der Waals surface area contributed by atoms with Gasteiger partial charge in [-0.2, -0.15) is 0 Å². The van der Waals surface area contributed by atoms with Crippen LogP contribution in [0.25, 0.3) is 0 Å². The summed E-state index contributed by atoms with van der Waals surface area (Å²) >= 11 is 0. The van der Waals surface area contributed by atoms with Crippen molar-refractivity contribution in [3.8, 4) is 0 Å². The van der Waals surface area contributed by atoms with Gasteiger partial charge >= 0.3 is 5.97 Å². The lowest BCUT2D eigenvalue weighted by Crippen LogP contribution is -2.05. The number of aromatic nitrogens is 1. The Hall–Kier alpha value is -3.03. The predicted molar refractivity (Wildman–Crippen MR) is 71.6 cm³/mol. The van der Waals surface area contributed by atoms with Gasteiger partial charge in [0.05, 0.1) is 28.8 Å². The number of rotatable bonds is 5. The molecule has 1 heterocycles. The largest absolute Gasteiger partial charge is 0.478 e. The highest BCUT2D eigenvalue weighted by molar-refractivity contribution is 5.87. The number of hydrogen-bond acceptors (Lipinski definition) is 5. The van der Waals surface area contributed by atoms with E-state index in [0.717, 1.165) is 12.1 Å². The van der Waals surface area contributed by atoms with E-state index in [2.05, 4.69) is 10.3 Å². The number of nitrogens with one attached hydrogen (secondary N) is 1. The summed E-state index contributed by atoms with van der Waals surface area (Å²) in [6.07, 6.45) is 1.34. The third-order valence-corrected chi connectivity index (χ3v) is 2.63. The molecule has 2 aromatic rings. The van der Waals surface area contributed by atoms with Crippen LogP contribution in [0.15, 0.2) is 36.5 Å². The number of carbonyl (C=O) groups is 1. The molecule has 7 nitrogen and oxygen atoms in total. The van der Waals surface area contributed by atoms with E-state index in [1.54, 1.807) is 0 Å². The van der Waals surface area contributed by atoms with Gasteiger partial charge in [0, 0.05) is 18.0 Å². The van der Waals surface area contributed by atoms with Crippen molar-refractivity contribution in [3.63, 3.8) is 0 Å². The van der Waals surface area contributed by atoms with E-state index in [0.29, 0.717) is 5.69 Å². The van der Waals surface area contributed by atoms with Gasteiger partial charge in [0.25, 0.3) is 5.69 Å².